The second-order valence-corrected chi connectivity index (χ2v) is 5.26. The number of thioether (sulfide) groups is 1. The van der Waals surface area contributed by atoms with Gasteiger partial charge < -0.3 is 15.4 Å². The van der Waals surface area contributed by atoms with Crippen molar-refractivity contribution >= 4 is 41.0 Å². The number of rotatable bonds is 5. The highest BCUT2D eigenvalue weighted by Gasteiger charge is 2.14. The molecule has 0 saturated carbocycles. The van der Waals surface area contributed by atoms with Crippen LogP contribution in [0.2, 0.25) is 0 Å². The molecule has 0 spiro atoms. The molecule has 6 nitrogen and oxygen atoms in total. The minimum Gasteiger partial charge on any atom is -0.477 e. The van der Waals surface area contributed by atoms with Crippen molar-refractivity contribution in [3.05, 3.63) is 34.2 Å². The number of hydrogen-bond acceptors (Lipinski definition) is 5. The van der Waals surface area contributed by atoms with Crippen molar-refractivity contribution in [3.63, 3.8) is 0 Å². The highest BCUT2D eigenvalue weighted by atomic mass is 35.5. The predicted octanol–water partition coefficient (Wildman–Crippen LogP) is 1.59. The number of nitrogens with two attached hydrogens (primary N) is 1. The maximum Gasteiger partial charge on any atom is 0.341 e. The molecule has 0 atom stereocenters. The Kier molecular flexibility index (Phi) is 6.19. The molecule has 2 heterocycles. The fraction of sp³-hybridized carbons (Fsp3) is 0.308. The molecular weight excluding hydrogens is 314 g/mol. The maximum absolute atomic E-state index is 12.2. The summed E-state index contributed by atoms with van der Waals surface area (Å²) >= 11 is 1.44. The lowest BCUT2D eigenvalue weighted by Crippen LogP contribution is -2.19. The molecule has 0 aliphatic heterocycles. The van der Waals surface area contributed by atoms with Gasteiger partial charge in [0, 0.05) is 25.0 Å². The molecule has 0 bridgehead atoms. The summed E-state index contributed by atoms with van der Waals surface area (Å²) in [5.74, 6) is -0.522. The van der Waals surface area contributed by atoms with Gasteiger partial charge in [-0.15, -0.1) is 24.2 Å². The van der Waals surface area contributed by atoms with E-state index in [9.17, 15) is 9.59 Å². The van der Waals surface area contributed by atoms with Gasteiger partial charge in [0.2, 0.25) is 5.43 Å². The standard InChI is InChI=1S/C13H15N3O3S.ClH/c1-2-16-7-9(13(18)19)12(17)8-5-11(20-4-3-14)15-6-10(8)16;/h5-7H,2-4,14H2,1H3,(H,18,19);1H. The fourth-order valence-corrected chi connectivity index (χ4v) is 2.58. The van der Waals surface area contributed by atoms with Gasteiger partial charge in [-0.05, 0) is 13.0 Å². The summed E-state index contributed by atoms with van der Waals surface area (Å²) < 4.78 is 1.71. The highest BCUT2D eigenvalue weighted by molar-refractivity contribution is 7.99. The van der Waals surface area contributed by atoms with E-state index in [0.29, 0.717) is 34.8 Å². The molecule has 2 aromatic heterocycles. The fourth-order valence-electron chi connectivity index (χ4n) is 1.93. The molecule has 3 N–H and O–H groups in total. The SMILES string of the molecule is CCn1cc(C(=O)O)c(=O)c2cc(SCCN)ncc21.Cl. The molecule has 0 aliphatic carbocycles. The van der Waals surface area contributed by atoms with Gasteiger partial charge in [-0.1, -0.05) is 0 Å². The van der Waals surface area contributed by atoms with Crippen molar-refractivity contribution in [1.29, 1.82) is 0 Å². The Labute approximate surface area is 131 Å². The summed E-state index contributed by atoms with van der Waals surface area (Å²) in [6.07, 6.45) is 2.96. The van der Waals surface area contributed by atoms with Crippen LogP contribution in [0, 0.1) is 0 Å². The lowest BCUT2D eigenvalue weighted by Gasteiger charge is -2.10. The van der Waals surface area contributed by atoms with Crippen LogP contribution in [0.25, 0.3) is 10.9 Å². The van der Waals surface area contributed by atoms with E-state index in [1.165, 1.54) is 18.0 Å². The number of halogens is 1. The molecule has 2 rings (SSSR count). The minimum atomic E-state index is -1.22. The molecule has 0 radical (unpaired) electrons. The third-order valence-corrected chi connectivity index (χ3v) is 3.84. The van der Waals surface area contributed by atoms with Crippen molar-refractivity contribution < 1.29 is 9.90 Å². The Morgan fingerprint density at radius 1 is 1.52 bits per heavy atom. The molecule has 0 saturated heterocycles. The quantitative estimate of drug-likeness (QED) is 0.808. The Bertz CT molecular complexity index is 718. The van der Waals surface area contributed by atoms with Crippen LogP contribution in [0.4, 0.5) is 0 Å². The van der Waals surface area contributed by atoms with Gasteiger partial charge in [-0.2, -0.15) is 0 Å². The summed E-state index contributed by atoms with van der Waals surface area (Å²) in [6.45, 7) is 2.96. The molecule has 0 amide bonds. The van der Waals surface area contributed by atoms with Crippen LogP contribution in [0.1, 0.15) is 17.3 Å². The first-order valence-electron chi connectivity index (χ1n) is 6.17. The van der Waals surface area contributed by atoms with E-state index in [4.69, 9.17) is 10.8 Å². The molecule has 0 fully saturated rings. The van der Waals surface area contributed by atoms with Gasteiger partial charge in [0.25, 0.3) is 0 Å². The Balaban J connectivity index is 0.00000220. The molecule has 114 valence electrons. The summed E-state index contributed by atoms with van der Waals surface area (Å²) in [6, 6.07) is 1.64. The lowest BCUT2D eigenvalue weighted by molar-refractivity contribution is 0.0695. The van der Waals surface area contributed by atoms with E-state index in [1.54, 1.807) is 16.8 Å². The number of carboxylic acids is 1. The van der Waals surface area contributed by atoms with Crippen LogP contribution < -0.4 is 11.2 Å². The van der Waals surface area contributed by atoms with E-state index in [-0.39, 0.29) is 18.0 Å². The first kappa shape index (κ1) is 17.5. The molecule has 21 heavy (non-hydrogen) atoms. The van der Waals surface area contributed by atoms with Gasteiger partial charge in [-0.3, -0.25) is 4.79 Å². The number of pyridine rings is 2. The van der Waals surface area contributed by atoms with Crippen molar-refractivity contribution in [3.8, 4) is 0 Å². The molecule has 0 unspecified atom stereocenters. The minimum absolute atomic E-state index is 0. The van der Waals surface area contributed by atoms with Crippen molar-refractivity contribution in [2.45, 2.75) is 18.5 Å². The summed E-state index contributed by atoms with van der Waals surface area (Å²) in [7, 11) is 0. The Morgan fingerprint density at radius 3 is 2.81 bits per heavy atom. The summed E-state index contributed by atoms with van der Waals surface area (Å²) in [5, 5.41) is 10.2. The lowest BCUT2D eigenvalue weighted by atomic mass is 10.2. The van der Waals surface area contributed by atoms with Crippen molar-refractivity contribution in [1.82, 2.24) is 9.55 Å². The Hall–Kier alpha value is -1.57. The third-order valence-electron chi connectivity index (χ3n) is 2.88. The van der Waals surface area contributed by atoms with Gasteiger partial charge in [0.05, 0.1) is 22.1 Å². The number of carbonyl (C=O) groups is 1. The average Bonchev–Trinajstić information content (AvgIpc) is 2.45. The smallest absolute Gasteiger partial charge is 0.341 e. The monoisotopic (exact) mass is 329 g/mol. The van der Waals surface area contributed by atoms with Crippen molar-refractivity contribution in [2.75, 3.05) is 12.3 Å². The maximum atomic E-state index is 12.2. The van der Waals surface area contributed by atoms with Crippen LogP contribution in [0.15, 0.2) is 28.3 Å². The van der Waals surface area contributed by atoms with Gasteiger partial charge in [0.1, 0.15) is 5.56 Å². The van der Waals surface area contributed by atoms with Gasteiger partial charge in [-0.25, -0.2) is 9.78 Å². The van der Waals surface area contributed by atoms with E-state index in [0.717, 1.165) is 0 Å². The van der Waals surface area contributed by atoms with Gasteiger partial charge in [0.15, 0.2) is 0 Å². The number of carboxylic acid groups (broad SMARTS) is 1. The molecule has 0 aliphatic rings. The number of nitrogens with zero attached hydrogens (tertiary/aromatic N) is 2. The molecule has 2 aromatic rings. The van der Waals surface area contributed by atoms with Crippen LogP contribution in [0.5, 0.6) is 0 Å². The van der Waals surface area contributed by atoms with E-state index in [1.807, 2.05) is 6.92 Å². The Morgan fingerprint density at radius 2 is 2.24 bits per heavy atom. The zero-order valence-electron chi connectivity index (χ0n) is 11.4. The van der Waals surface area contributed by atoms with E-state index < -0.39 is 11.4 Å². The largest absolute Gasteiger partial charge is 0.477 e. The number of aromatic carboxylic acids is 1. The topological polar surface area (TPSA) is 98.2 Å². The second-order valence-electron chi connectivity index (χ2n) is 4.14. The van der Waals surface area contributed by atoms with Crippen LogP contribution in [-0.2, 0) is 6.54 Å². The van der Waals surface area contributed by atoms with E-state index >= 15 is 0 Å². The molecular formula is C13H16ClN3O3S. The first-order chi connectivity index (χ1) is 9.58. The van der Waals surface area contributed by atoms with Crippen molar-refractivity contribution in [2.24, 2.45) is 5.73 Å². The molecule has 0 aromatic carbocycles. The van der Waals surface area contributed by atoms with Crippen LogP contribution in [0.3, 0.4) is 0 Å². The second kappa shape index (κ2) is 7.44. The van der Waals surface area contributed by atoms with Gasteiger partial charge >= 0.3 is 5.97 Å². The average molecular weight is 330 g/mol. The first-order valence-corrected chi connectivity index (χ1v) is 7.16. The number of aryl methyl sites for hydroxylation is 1. The zero-order chi connectivity index (χ0) is 14.7. The number of fused-ring (bicyclic) bond motifs is 1. The normalized spacial score (nSPS) is 10.4. The van der Waals surface area contributed by atoms with E-state index in [2.05, 4.69) is 4.98 Å². The van der Waals surface area contributed by atoms with Crippen LogP contribution in [-0.4, -0.2) is 32.9 Å². The zero-order valence-corrected chi connectivity index (χ0v) is 13.0. The number of aromatic nitrogens is 2. The summed E-state index contributed by atoms with van der Waals surface area (Å²) in [5.41, 5.74) is 5.38. The number of hydrogen-bond donors (Lipinski definition) is 2. The summed E-state index contributed by atoms with van der Waals surface area (Å²) in [4.78, 5) is 27.6. The van der Waals surface area contributed by atoms with Crippen LogP contribution >= 0.6 is 24.2 Å². The molecule has 8 heteroatoms. The third kappa shape index (κ3) is 3.55. The predicted molar refractivity (Wildman–Crippen MR) is 85.7 cm³/mol. The highest BCUT2D eigenvalue weighted by Crippen LogP contribution is 2.19.